The van der Waals surface area contributed by atoms with Crippen molar-refractivity contribution in [3.05, 3.63) is 18.0 Å². The van der Waals surface area contributed by atoms with E-state index in [-0.39, 0.29) is 6.10 Å². The lowest BCUT2D eigenvalue weighted by Crippen LogP contribution is -2.37. The number of aromatic nitrogens is 2. The molecule has 7 heteroatoms. The number of hydrogen-bond donors (Lipinski definition) is 2. The Kier molecular flexibility index (Phi) is 10.8. The van der Waals surface area contributed by atoms with Gasteiger partial charge in [0.15, 0.2) is 9.03 Å². The van der Waals surface area contributed by atoms with Crippen molar-refractivity contribution in [2.45, 2.75) is 52.1 Å². The molecule has 2 heterocycles. The highest BCUT2D eigenvalue weighted by atomic mass is 32.1. The standard InChI is InChI=1S/C11H18N3O2PS.C4H10/c15-17-16-10-2-6-14(7-3-10)11-12-5-1-9(13-11)4-8-18;1-3-4-2/h1,5,10,15,17-18H,2-4,6-8H2;3-4H2,1-2H3. The van der Waals surface area contributed by atoms with Crippen LogP contribution in [-0.4, -0.2) is 39.8 Å². The predicted octanol–water partition coefficient (Wildman–Crippen LogP) is 3.24. The van der Waals surface area contributed by atoms with Gasteiger partial charge in [0.25, 0.3) is 0 Å². The summed E-state index contributed by atoms with van der Waals surface area (Å²) < 4.78 is 5.24. The second-order valence-corrected chi connectivity index (χ2v) is 6.08. The molecule has 0 amide bonds. The first-order chi connectivity index (χ1) is 10.7. The monoisotopic (exact) mass is 345 g/mol. The summed E-state index contributed by atoms with van der Waals surface area (Å²) in [7, 11) is -0.413. The fourth-order valence-electron chi connectivity index (χ4n) is 2.04. The number of nitrogens with zero attached hydrogens (tertiary/aromatic N) is 3. The van der Waals surface area contributed by atoms with Crippen molar-refractivity contribution in [1.29, 1.82) is 0 Å². The fraction of sp³-hybridized carbons (Fsp3) is 0.733. The molecule has 0 aliphatic carbocycles. The SMILES string of the molecule is CCCC.OPOC1CCN(c2nccc(CCS)n2)CC1. The molecule has 22 heavy (non-hydrogen) atoms. The van der Waals surface area contributed by atoms with Gasteiger partial charge in [-0.15, -0.1) is 0 Å². The molecule has 1 aliphatic heterocycles. The smallest absolute Gasteiger partial charge is 0.225 e. The van der Waals surface area contributed by atoms with Crippen molar-refractivity contribution >= 4 is 27.6 Å². The second-order valence-electron chi connectivity index (χ2n) is 5.22. The first-order valence-electron chi connectivity index (χ1n) is 7.97. The van der Waals surface area contributed by atoms with E-state index in [4.69, 9.17) is 9.42 Å². The lowest BCUT2D eigenvalue weighted by Gasteiger charge is -2.31. The van der Waals surface area contributed by atoms with Crippen LogP contribution in [-0.2, 0) is 10.9 Å². The van der Waals surface area contributed by atoms with Crippen LogP contribution in [0.15, 0.2) is 12.3 Å². The third-order valence-electron chi connectivity index (χ3n) is 3.51. The van der Waals surface area contributed by atoms with E-state index in [0.717, 1.165) is 49.7 Å². The molecule has 1 aromatic heterocycles. The maximum atomic E-state index is 8.76. The number of hydrogen-bond acceptors (Lipinski definition) is 6. The minimum absolute atomic E-state index is 0.171. The van der Waals surface area contributed by atoms with Gasteiger partial charge in [0.1, 0.15) is 0 Å². The molecule has 1 aromatic rings. The molecule has 0 aromatic carbocycles. The van der Waals surface area contributed by atoms with Crippen molar-refractivity contribution in [3.8, 4) is 0 Å². The van der Waals surface area contributed by atoms with Crippen molar-refractivity contribution < 1.29 is 9.42 Å². The third-order valence-corrected chi connectivity index (χ3v) is 4.18. The topological polar surface area (TPSA) is 58.5 Å². The summed E-state index contributed by atoms with van der Waals surface area (Å²) in [6.07, 6.45) is 7.30. The maximum Gasteiger partial charge on any atom is 0.225 e. The van der Waals surface area contributed by atoms with Crippen LogP contribution >= 0.6 is 21.7 Å². The summed E-state index contributed by atoms with van der Waals surface area (Å²) in [4.78, 5) is 19.8. The van der Waals surface area contributed by atoms with Gasteiger partial charge in [-0.25, -0.2) is 9.97 Å². The maximum absolute atomic E-state index is 8.76. The molecule has 0 radical (unpaired) electrons. The lowest BCUT2D eigenvalue weighted by molar-refractivity contribution is 0.180. The van der Waals surface area contributed by atoms with Crippen LogP contribution in [0.25, 0.3) is 0 Å². The Morgan fingerprint density at radius 2 is 2.05 bits per heavy atom. The van der Waals surface area contributed by atoms with E-state index in [2.05, 4.69) is 41.3 Å². The highest BCUT2D eigenvalue weighted by molar-refractivity contribution is 7.80. The number of piperidine rings is 1. The summed E-state index contributed by atoms with van der Waals surface area (Å²) in [5.41, 5.74) is 1.03. The molecule has 1 unspecified atom stereocenters. The molecule has 2 rings (SSSR count). The normalized spacial score (nSPS) is 15.9. The first kappa shape index (κ1) is 19.6. The van der Waals surface area contributed by atoms with Gasteiger partial charge in [-0.05, 0) is 31.1 Å². The third kappa shape index (κ3) is 7.23. The highest BCUT2D eigenvalue weighted by Gasteiger charge is 2.21. The number of thiol groups is 1. The van der Waals surface area contributed by atoms with E-state index in [1.165, 1.54) is 12.8 Å². The molecule has 0 spiro atoms. The highest BCUT2D eigenvalue weighted by Crippen LogP contribution is 2.22. The predicted molar refractivity (Wildman–Crippen MR) is 97.0 cm³/mol. The summed E-state index contributed by atoms with van der Waals surface area (Å²) in [6.45, 7) is 6.11. The van der Waals surface area contributed by atoms with Gasteiger partial charge in [-0.3, -0.25) is 0 Å². The first-order valence-corrected chi connectivity index (χ1v) is 9.46. The molecule has 1 N–H and O–H groups in total. The Hall–Kier alpha value is -0.420. The van der Waals surface area contributed by atoms with Crippen molar-refractivity contribution in [2.24, 2.45) is 0 Å². The van der Waals surface area contributed by atoms with Crippen LogP contribution in [0, 0.1) is 0 Å². The molecule has 1 aliphatic rings. The molecule has 1 fully saturated rings. The Bertz CT molecular complexity index is 402. The Morgan fingerprint density at radius 1 is 1.36 bits per heavy atom. The summed E-state index contributed by atoms with van der Waals surface area (Å²) >= 11 is 4.22. The van der Waals surface area contributed by atoms with Gasteiger partial charge in [-0.2, -0.15) is 12.6 Å². The van der Waals surface area contributed by atoms with E-state index >= 15 is 0 Å². The summed E-state index contributed by atoms with van der Waals surface area (Å²) in [5, 5.41) is 0. The van der Waals surface area contributed by atoms with E-state index in [1.807, 2.05) is 6.07 Å². The second kappa shape index (κ2) is 12.1. The largest absolute Gasteiger partial charge is 0.352 e. The van der Waals surface area contributed by atoms with Crippen LogP contribution < -0.4 is 4.90 Å². The zero-order valence-corrected chi connectivity index (χ0v) is 15.4. The van der Waals surface area contributed by atoms with Crippen molar-refractivity contribution in [1.82, 2.24) is 9.97 Å². The zero-order valence-electron chi connectivity index (χ0n) is 13.5. The van der Waals surface area contributed by atoms with Crippen LogP contribution in [0.4, 0.5) is 5.95 Å². The van der Waals surface area contributed by atoms with E-state index < -0.39 is 9.03 Å². The Balaban J connectivity index is 0.000000541. The molecule has 1 atom stereocenters. The molecule has 0 saturated carbocycles. The van der Waals surface area contributed by atoms with Gasteiger partial charge in [0.05, 0.1) is 6.10 Å². The van der Waals surface area contributed by atoms with Gasteiger partial charge in [0, 0.05) is 25.0 Å². The van der Waals surface area contributed by atoms with E-state index in [9.17, 15) is 0 Å². The summed E-state index contributed by atoms with van der Waals surface area (Å²) in [6, 6.07) is 1.93. The number of rotatable bonds is 6. The van der Waals surface area contributed by atoms with Gasteiger partial charge in [-0.1, -0.05) is 26.7 Å². The molecule has 1 saturated heterocycles. The molecule has 0 bridgehead atoms. The van der Waals surface area contributed by atoms with Crippen LogP contribution in [0.1, 0.15) is 45.2 Å². The average Bonchev–Trinajstić information content (AvgIpc) is 2.57. The minimum atomic E-state index is -0.413. The van der Waals surface area contributed by atoms with Crippen LogP contribution in [0.3, 0.4) is 0 Å². The number of anilines is 1. The minimum Gasteiger partial charge on any atom is -0.352 e. The summed E-state index contributed by atoms with van der Waals surface area (Å²) in [5.74, 6) is 1.59. The molecule has 126 valence electrons. The van der Waals surface area contributed by atoms with Crippen molar-refractivity contribution in [2.75, 3.05) is 23.7 Å². The van der Waals surface area contributed by atoms with Crippen molar-refractivity contribution in [3.63, 3.8) is 0 Å². The Labute approximate surface area is 141 Å². The van der Waals surface area contributed by atoms with E-state index in [0.29, 0.717) is 0 Å². The molecular weight excluding hydrogens is 317 g/mol. The quantitative estimate of drug-likeness (QED) is 0.612. The number of unbranched alkanes of at least 4 members (excludes halogenated alkanes) is 1. The average molecular weight is 345 g/mol. The zero-order chi connectivity index (χ0) is 16.2. The van der Waals surface area contributed by atoms with Crippen LogP contribution in [0.2, 0.25) is 0 Å². The Morgan fingerprint density at radius 3 is 2.59 bits per heavy atom. The lowest BCUT2D eigenvalue weighted by atomic mass is 10.1. The molecular formula is C15H28N3O2PS. The van der Waals surface area contributed by atoms with Gasteiger partial charge >= 0.3 is 0 Å². The van der Waals surface area contributed by atoms with Gasteiger partial charge < -0.3 is 14.3 Å². The van der Waals surface area contributed by atoms with Gasteiger partial charge in [0.2, 0.25) is 5.95 Å². The van der Waals surface area contributed by atoms with Crippen LogP contribution in [0.5, 0.6) is 0 Å². The van der Waals surface area contributed by atoms with E-state index in [1.54, 1.807) is 6.20 Å². The molecule has 5 nitrogen and oxygen atoms in total. The number of aryl methyl sites for hydroxylation is 1. The fourth-order valence-corrected chi connectivity index (χ4v) is 2.65.